The standard InChI is InChI=1S/C21H23N3O3/c25-19(26)21-11-6-9-16(21)13-24(14-21)20(27)23-18(15-7-2-1-3-8-15)17-10-4-5-12-22-17/h1-5,7-8,10,12,16,18H,6,9,11,13-14H2,(H,23,27)(H,25,26)/t16-,18?,21+/m0/s1. The number of nitrogens with zero attached hydrogens (tertiary/aromatic N) is 2. The van der Waals surface area contributed by atoms with Gasteiger partial charge < -0.3 is 15.3 Å². The highest BCUT2D eigenvalue weighted by Crippen LogP contribution is 2.48. The number of pyridine rings is 1. The Kier molecular flexibility index (Phi) is 4.56. The van der Waals surface area contributed by atoms with Gasteiger partial charge in [-0.1, -0.05) is 42.8 Å². The lowest BCUT2D eigenvalue weighted by Crippen LogP contribution is -2.43. The minimum absolute atomic E-state index is 0.0470. The summed E-state index contributed by atoms with van der Waals surface area (Å²) in [5.41, 5.74) is 0.922. The molecule has 2 fully saturated rings. The van der Waals surface area contributed by atoms with Crippen LogP contribution in [0.15, 0.2) is 54.7 Å². The molecule has 6 heteroatoms. The number of carboxylic acids is 1. The molecule has 27 heavy (non-hydrogen) atoms. The highest BCUT2D eigenvalue weighted by Gasteiger charge is 2.55. The molecule has 0 radical (unpaired) electrons. The molecule has 1 aromatic carbocycles. The number of carbonyl (C=O) groups excluding carboxylic acids is 1. The van der Waals surface area contributed by atoms with E-state index in [1.165, 1.54) is 0 Å². The van der Waals surface area contributed by atoms with Crippen molar-refractivity contribution in [1.29, 1.82) is 0 Å². The van der Waals surface area contributed by atoms with Crippen LogP contribution >= 0.6 is 0 Å². The number of nitrogens with one attached hydrogen (secondary N) is 1. The lowest BCUT2D eigenvalue weighted by Gasteiger charge is -2.25. The maximum atomic E-state index is 13.0. The number of benzene rings is 1. The van der Waals surface area contributed by atoms with Crippen LogP contribution in [0.4, 0.5) is 4.79 Å². The van der Waals surface area contributed by atoms with Crippen molar-refractivity contribution < 1.29 is 14.7 Å². The van der Waals surface area contributed by atoms with Crippen molar-refractivity contribution in [3.8, 4) is 0 Å². The molecule has 2 aliphatic rings. The van der Waals surface area contributed by atoms with E-state index < -0.39 is 11.4 Å². The lowest BCUT2D eigenvalue weighted by atomic mass is 9.81. The number of carboxylic acid groups (broad SMARTS) is 1. The first-order chi connectivity index (χ1) is 13.1. The van der Waals surface area contributed by atoms with Crippen LogP contribution in [0, 0.1) is 11.3 Å². The smallest absolute Gasteiger partial charge is 0.318 e. The van der Waals surface area contributed by atoms with E-state index in [2.05, 4.69) is 10.3 Å². The molecule has 0 spiro atoms. The van der Waals surface area contributed by atoms with Crippen molar-refractivity contribution in [3.63, 3.8) is 0 Å². The second-order valence-corrected chi connectivity index (χ2v) is 7.48. The molecular weight excluding hydrogens is 342 g/mol. The van der Waals surface area contributed by atoms with Crippen molar-refractivity contribution in [2.45, 2.75) is 25.3 Å². The number of urea groups is 1. The van der Waals surface area contributed by atoms with Crippen LogP contribution in [-0.4, -0.2) is 40.1 Å². The lowest BCUT2D eigenvalue weighted by molar-refractivity contribution is -0.149. The van der Waals surface area contributed by atoms with Crippen LogP contribution in [0.3, 0.4) is 0 Å². The van der Waals surface area contributed by atoms with Gasteiger partial charge in [0, 0.05) is 19.3 Å². The molecule has 1 unspecified atom stereocenters. The van der Waals surface area contributed by atoms with Crippen molar-refractivity contribution in [3.05, 3.63) is 66.0 Å². The third kappa shape index (κ3) is 3.16. The zero-order valence-corrected chi connectivity index (χ0v) is 15.0. The Morgan fingerprint density at radius 1 is 1.19 bits per heavy atom. The van der Waals surface area contributed by atoms with E-state index in [1.54, 1.807) is 11.1 Å². The fraction of sp³-hybridized carbons (Fsp3) is 0.381. The number of likely N-dealkylation sites (tertiary alicyclic amines) is 1. The summed E-state index contributed by atoms with van der Waals surface area (Å²) >= 11 is 0. The Balaban J connectivity index is 1.56. The average Bonchev–Trinajstić information content (AvgIpc) is 3.26. The summed E-state index contributed by atoms with van der Waals surface area (Å²) in [7, 11) is 0. The number of hydrogen-bond acceptors (Lipinski definition) is 3. The summed E-state index contributed by atoms with van der Waals surface area (Å²) in [6.07, 6.45) is 4.15. The molecule has 2 aromatic rings. The van der Waals surface area contributed by atoms with Gasteiger partial charge in [0.2, 0.25) is 0 Å². The van der Waals surface area contributed by atoms with Gasteiger partial charge in [0.25, 0.3) is 0 Å². The zero-order chi connectivity index (χ0) is 18.9. The molecule has 3 atom stereocenters. The number of amides is 2. The predicted octanol–water partition coefficient (Wildman–Crippen LogP) is 3.07. The largest absolute Gasteiger partial charge is 0.481 e. The van der Waals surface area contributed by atoms with E-state index >= 15 is 0 Å². The summed E-state index contributed by atoms with van der Waals surface area (Å²) in [6.45, 7) is 0.782. The summed E-state index contributed by atoms with van der Waals surface area (Å²) in [5, 5.41) is 12.8. The number of aliphatic carboxylic acids is 1. The maximum absolute atomic E-state index is 13.0. The second-order valence-electron chi connectivity index (χ2n) is 7.48. The van der Waals surface area contributed by atoms with E-state index in [0.717, 1.165) is 24.1 Å². The first-order valence-electron chi connectivity index (χ1n) is 9.35. The molecule has 1 aliphatic carbocycles. The van der Waals surface area contributed by atoms with Gasteiger partial charge in [0.1, 0.15) is 0 Å². The van der Waals surface area contributed by atoms with Gasteiger partial charge >= 0.3 is 12.0 Å². The average molecular weight is 365 g/mol. The molecule has 1 saturated heterocycles. The normalized spacial score (nSPS) is 25.0. The Morgan fingerprint density at radius 2 is 1.96 bits per heavy atom. The first kappa shape index (κ1) is 17.5. The van der Waals surface area contributed by atoms with E-state index in [0.29, 0.717) is 13.0 Å². The minimum atomic E-state index is -0.773. The van der Waals surface area contributed by atoms with Gasteiger partial charge in [-0.2, -0.15) is 0 Å². The van der Waals surface area contributed by atoms with E-state index in [1.807, 2.05) is 48.5 Å². The van der Waals surface area contributed by atoms with Crippen molar-refractivity contribution in [2.75, 3.05) is 13.1 Å². The van der Waals surface area contributed by atoms with Gasteiger partial charge in [0.15, 0.2) is 0 Å². The molecule has 6 nitrogen and oxygen atoms in total. The Labute approximate surface area is 158 Å². The third-order valence-corrected chi connectivity index (χ3v) is 5.97. The quantitative estimate of drug-likeness (QED) is 0.872. The zero-order valence-electron chi connectivity index (χ0n) is 15.0. The van der Waals surface area contributed by atoms with Crippen molar-refractivity contribution in [1.82, 2.24) is 15.2 Å². The van der Waals surface area contributed by atoms with Crippen LogP contribution in [0.25, 0.3) is 0 Å². The molecule has 4 rings (SSSR count). The Morgan fingerprint density at radius 3 is 2.63 bits per heavy atom. The summed E-state index contributed by atoms with van der Waals surface area (Å²) < 4.78 is 0. The number of aromatic nitrogens is 1. The monoisotopic (exact) mass is 365 g/mol. The minimum Gasteiger partial charge on any atom is -0.481 e. The van der Waals surface area contributed by atoms with Gasteiger partial charge in [0.05, 0.1) is 17.2 Å². The molecular formula is C21H23N3O3. The third-order valence-electron chi connectivity index (χ3n) is 5.97. The molecule has 0 bridgehead atoms. The van der Waals surface area contributed by atoms with Crippen LogP contribution in [0.1, 0.15) is 36.6 Å². The van der Waals surface area contributed by atoms with Gasteiger partial charge in [-0.25, -0.2) is 4.79 Å². The SMILES string of the molecule is O=C(NC(c1ccccc1)c1ccccn1)N1C[C@@H]2CCC[C@@]2(C(=O)O)C1. The number of fused-ring (bicyclic) bond motifs is 1. The highest BCUT2D eigenvalue weighted by molar-refractivity contribution is 5.81. The van der Waals surface area contributed by atoms with Crippen LogP contribution < -0.4 is 5.32 Å². The van der Waals surface area contributed by atoms with Crippen LogP contribution in [0.5, 0.6) is 0 Å². The topological polar surface area (TPSA) is 82.5 Å². The highest BCUT2D eigenvalue weighted by atomic mass is 16.4. The fourth-order valence-electron chi connectivity index (χ4n) is 4.53. The van der Waals surface area contributed by atoms with Crippen LogP contribution in [-0.2, 0) is 4.79 Å². The van der Waals surface area contributed by atoms with E-state index in [4.69, 9.17) is 0 Å². The van der Waals surface area contributed by atoms with Gasteiger partial charge in [-0.15, -0.1) is 0 Å². The molecule has 2 heterocycles. The second kappa shape index (κ2) is 7.02. The van der Waals surface area contributed by atoms with E-state index in [9.17, 15) is 14.7 Å². The Hall–Kier alpha value is -2.89. The number of rotatable bonds is 4. The summed E-state index contributed by atoms with van der Waals surface area (Å²) in [4.78, 5) is 30.9. The van der Waals surface area contributed by atoms with E-state index in [-0.39, 0.29) is 24.5 Å². The summed E-state index contributed by atoms with van der Waals surface area (Å²) in [6, 6.07) is 14.7. The molecule has 140 valence electrons. The molecule has 1 aliphatic heterocycles. The fourth-order valence-corrected chi connectivity index (χ4v) is 4.53. The predicted molar refractivity (Wildman–Crippen MR) is 100 cm³/mol. The Bertz CT molecular complexity index is 788. The number of hydrogen-bond donors (Lipinski definition) is 2. The van der Waals surface area contributed by atoms with Crippen molar-refractivity contribution >= 4 is 12.0 Å². The first-order valence-corrected chi connectivity index (χ1v) is 9.35. The van der Waals surface area contributed by atoms with Gasteiger partial charge in [-0.3, -0.25) is 9.78 Å². The van der Waals surface area contributed by atoms with Crippen molar-refractivity contribution in [2.24, 2.45) is 11.3 Å². The molecule has 2 amide bonds. The molecule has 2 N–H and O–H groups in total. The maximum Gasteiger partial charge on any atom is 0.318 e. The molecule has 1 aromatic heterocycles. The number of carbonyl (C=O) groups is 2. The summed E-state index contributed by atoms with van der Waals surface area (Å²) in [5.74, 6) is -0.726. The molecule has 1 saturated carbocycles. The van der Waals surface area contributed by atoms with Gasteiger partial charge in [-0.05, 0) is 36.5 Å². The van der Waals surface area contributed by atoms with Crippen LogP contribution in [0.2, 0.25) is 0 Å².